The molecule has 0 bridgehead atoms. The van der Waals surface area contributed by atoms with E-state index in [1.165, 1.54) is 18.1 Å². The zero-order valence-corrected chi connectivity index (χ0v) is 12.3. The average molecular weight is 299 g/mol. The third kappa shape index (κ3) is 3.58. The molecule has 6 heteroatoms. The van der Waals surface area contributed by atoms with Crippen molar-refractivity contribution in [3.8, 4) is 0 Å². The molecule has 0 radical (unpaired) electrons. The fraction of sp³-hybridized carbons (Fsp3) is 0.308. The van der Waals surface area contributed by atoms with Crippen LogP contribution in [0.25, 0.3) is 0 Å². The van der Waals surface area contributed by atoms with Crippen molar-refractivity contribution in [1.29, 1.82) is 0 Å². The molecule has 0 saturated carbocycles. The van der Waals surface area contributed by atoms with Gasteiger partial charge in [-0.2, -0.15) is 0 Å². The zero-order valence-electron chi connectivity index (χ0n) is 10.7. The number of benzene rings is 1. The second-order valence-corrected chi connectivity index (χ2v) is 7.23. The summed E-state index contributed by atoms with van der Waals surface area (Å²) in [6.45, 7) is 4.85. The molecule has 1 heterocycles. The monoisotopic (exact) mass is 298 g/mol. The molecule has 1 aromatic carbocycles. The van der Waals surface area contributed by atoms with E-state index in [1.807, 2.05) is 12.1 Å². The van der Waals surface area contributed by atoms with Gasteiger partial charge < -0.3 is 4.57 Å². The number of aromatic nitrogens is 2. The first-order chi connectivity index (χ1) is 8.86. The van der Waals surface area contributed by atoms with Crippen molar-refractivity contribution in [2.24, 2.45) is 0 Å². The molecule has 0 fully saturated rings. The van der Waals surface area contributed by atoms with Crippen LogP contribution in [0, 0.1) is 0 Å². The molecule has 2 rings (SSSR count). The Bertz CT molecular complexity index is 660. The van der Waals surface area contributed by atoms with E-state index in [2.05, 4.69) is 31.0 Å². The van der Waals surface area contributed by atoms with E-state index in [4.69, 9.17) is 10.7 Å². The topological polar surface area (TPSA) is 52.0 Å². The quantitative estimate of drug-likeness (QED) is 0.815. The zero-order chi connectivity index (χ0) is 14.0. The van der Waals surface area contributed by atoms with Gasteiger partial charge in [-0.1, -0.05) is 38.1 Å². The highest BCUT2D eigenvalue weighted by molar-refractivity contribution is 8.13. The van der Waals surface area contributed by atoms with Gasteiger partial charge in [-0.05, 0) is 17.0 Å². The largest absolute Gasteiger partial charge is 0.332 e. The van der Waals surface area contributed by atoms with E-state index in [9.17, 15) is 8.42 Å². The molecule has 0 N–H and O–H groups in total. The molecule has 0 atom stereocenters. The predicted molar refractivity (Wildman–Crippen MR) is 74.9 cm³/mol. The lowest BCUT2D eigenvalue weighted by Crippen LogP contribution is -1.97. The Morgan fingerprint density at radius 1 is 1.26 bits per heavy atom. The second kappa shape index (κ2) is 5.35. The lowest BCUT2D eigenvalue weighted by molar-refractivity contribution is 0.606. The van der Waals surface area contributed by atoms with Gasteiger partial charge in [0, 0.05) is 23.4 Å². The highest BCUT2D eigenvalue weighted by Gasteiger charge is 2.13. The molecule has 0 aliphatic rings. The van der Waals surface area contributed by atoms with Gasteiger partial charge in [-0.25, -0.2) is 13.4 Å². The molecule has 1 aromatic heterocycles. The summed E-state index contributed by atoms with van der Waals surface area (Å²) >= 11 is 0. The van der Waals surface area contributed by atoms with Crippen molar-refractivity contribution in [1.82, 2.24) is 9.55 Å². The van der Waals surface area contributed by atoms with E-state index >= 15 is 0 Å². The second-order valence-electron chi connectivity index (χ2n) is 4.72. The van der Waals surface area contributed by atoms with Gasteiger partial charge in [0.1, 0.15) is 0 Å². The first kappa shape index (κ1) is 14.1. The van der Waals surface area contributed by atoms with E-state index in [1.54, 1.807) is 4.57 Å². The summed E-state index contributed by atoms with van der Waals surface area (Å²) in [5.41, 5.74) is 2.36. The van der Waals surface area contributed by atoms with Crippen molar-refractivity contribution in [2.45, 2.75) is 31.3 Å². The van der Waals surface area contributed by atoms with Crippen LogP contribution in [0.3, 0.4) is 0 Å². The number of nitrogens with zero attached hydrogens (tertiary/aromatic N) is 2. The van der Waals surface area contributed by atoms with Crippen LogP contribution in [0.1, 0.15) is 30.9 Å². The Hall–Kier alpha value is -1.33. The smallest absolute Gasteiger partial charge is 0.280 e. The number of rotatable bonds is 4. The van der Waals surface area contributed by atoms with Crippen molar-refractivity contribution in [3.05, 3.63) is 47.9 Å². The minimum atomic E-state index is -3.75. The number of imidazole rings is 1. The minimum Gasteiger partial charge on any atom is -0.332 e. The molecule has 2 aromatic rings. The SMILES string of the molecule is CC(C)c1ccc(Cn2cnc(S(=O)(=O)Cl)c2)cc1. The van der Waals surface area contributed by atoms with Gasteiger partial charge in [0.05, 0.1) is 6.33 Å². The molecule has 0 saturated heterocycles. The molecule has 0 aliphatic carbocycles. The van der Waals surface area contributed by atoms with Crippen LogP contribution in [-0.4, -0.2) is 18.0 Å². The number of hydrogen-bond acceptors (Lipinski definition) is 3. The highest BCUT2D eigenvalue weighted by Crippen LogP contribution is 2.16. The van der Waals surface area contributed by atoms with Crippen LogP contribution < -0.4 is 0 Å². The summed E-state index contributed by atoms with van der Waals surface area (Å²) in [6.07, 6.45) is 2.89. The molecule has 0 aliphatic heterocycles. The van der Waals surface area contributed by atoms with E-state index < -0.39 is 9.05 Å². The summed E-state index contributed by atoms with van der Waals surface area (Å²) in [5.74, 6) is 0.496. The summed E-state index contributed by atoms with van der Waals surface area (Å²) < 4.78 is 23.9. The minimum absolute atomic E-state index is 0.118. The van der Waals surface area contributed by atoms with E-state index in [0.29, 0.717) is 12.5 Å². The molecule has 0 amide bonds. The summed E-state index contributed by atoms with van der Waals surface area (Å²) in [6, 6.07) is 8.22. The normalized spacial score (nSPS) is 12.0. The first-order valence-electron chi connectivity index (χ1n) is 5.91. The van der Waals surface area contributed by atoms with Crippen LogP contribution in [-0.2, 0) is 15.6 Å². The van der Waals surface area contributed by atoms with Crippen LogP contribution in [0.4, 0.5) is 0 Å². The Kier molecular flexibility index (Phi) is 3.96. The molecule has 4 nitrogen and oxygen atoms in total. The van der Waals surface area contributed by atoms with E-state index in [0.717, 1.165) is 5.56 Å². The maximum absolute atomic E-state index is 11.1. The third-order valence-electron chi connectivity index (χ3n) is 2.87. The van der Waals surface area contributed by atoms with Gasteiger partial charge in [0.15, 0.2) is 5.03 Å². The molecular formula is C13H15ClN2O2S. The molecule has 102 valence electrons. The van der Waals surface area contributed by atoms with Crippen LogP contribution in [0.5, 0.6) is 0 Å². The fourth-order valence-electron chi connectivity index (χ4n) is 1.77. The van der Waals surface area contributed by atoms with Crippen LogP contribution in [0.15, 0.2) is 41.8 Å². The lowest BCUT2D eigenvalue weighted by Gasteiger charge is -2.07. The molecular weight excluding hydrogens is 284 g/mol. The summed E-state index contributed by atoms with van der Waals surface area (Å²) in [7, 11) is 1.47. The Balaban J connectivity index is 2.15. The Labute approximate surface area is 117 Å². The number of halogens is 1. The Morgan fingerprint density at radius 2 is 1.89 bits per heavy atom. The van der Waals surface area contributed by atoms with Gasteiger partial charge in [-0.15, -0.1) is 0 Å². The van der Waals surface area contributed by atoms with Crippen LogP contribution >= 0.6 is 10.7 Å². The van der Waals surface area contributed by atoms with Gasteiger partial charge >= 0.3 is 0 Å². The average Bonchev–Trinajstić information content (AvgIpc) is 2.78. The van der Waals surface area contributed by atoms with Crippen LogP contribution in [0.2, 0.25) is 0 Å². The first-order valence-corrected chi connectivity index (χ1v) is 8.22. The van der Waals surface area contributed by atoms with Gasteiger partial charge in [0.25, 0.3) is 9.05 Å². The molecule has 0 unspecified atom stereocenters. The summed E-state index contributed by atoms with van der Waals surface area (Å²) in [4.78, 5) is 3.77. The fourth-order valence-corrected chi connectivity index (χ4v) is 2.44. The standard InChI is InChI=1S/C13H15ClN2O2S/c1-10(2)12-5-3-11(4-6-12)7-16-8-13(15-9-16)19(14,17)18/h3-6,8-10H,7H2,1-2H3. The maximum atomic E-state index is 11.1. The molecule has 19 heavy (non-hydrogen) atoms. The maximum Gasteiger partial charge on any atom is 0.280 e. The highest BCUT2D eigenvalue weighted by atomic mass is 35.7. The van der Waals surface area contributed by atoms with Gasteiger partial charge in [0.2, 0.25) is 0 Å². The predicted octanol–water partition coefficient (Wildman–Crippen LogP) is 2.98. The van der Waals surface area contributed by atoms with Crippen molar-refractivity contribution >= 4 is 19.7 Å². The molecule has 0 spiro atoms. The van der Waals surface area contributed by atoms with Crippen molar-refractivity contribution in [2.75, 3.05) is 0 Å². The van der Waals surface area contributed by atoms with Gasteiger partial charge in [-0.3, -0.25) is 0 Å². The Morgan fingerprint density at radius 3 is 2.37 bits per heavy atom. The lowest BCUT2D eigenvalue weighted by atomic mass is 10.0. The van der Waals surface area contributed by atoms with Crippen molar-refractivity contribution < 1.29 is 8.42 Å². The third-order valence-corrected chi connectivity index (χ3v) is 4.06. The number of hydrogen-bond donors (Lipinski definition) is 0. The van der Waals surface area contributed by atoms with Crippen molar-refractivity contribution in [3.63, 3.8) is 0 Å². The summed E-state index contributed by atoms with van der Waals surface area (Å²) in [5, 5.41) is -0.118. The van der Waals surface area contributed by atoms with E-state index in [-0.39, 0.29) is 5.03 Å².